The van der Waals surface area contributed by atoms with Crippen molar-refractivity contribution in [1.29, 1.82) is 0 Å². The van der Waals surface area contributed by atoms with Crippen LogP contribution in [0.4, 0.5) is 5.13 Å². The second-order valence-corrected chi connectivity index (χ2v) is 6.04. The van der Waals surface area contributed by atoms with Crippen LogP contribution in [0.1, 0.15) is 55.3 Å². The van der Waals surface area contributed by atoms with Gasteiger partial charge in [0, 0.05) is 10.9 Å². The number of hydrogen-bond acceptors (Lipinski definition) is 5. The van der Waals surface area contributed by atoms with Crippen LogP contribution in [0.3, 0.4) is 0 Å². The molecule has 0 aliphatic heterocycles. The molecule has 0 radical (unpaired) electrons. The van der Waals surface area contributed by atoms with Gasteiger partial charge in [-0.3, -0.25) is 4.79 Å². The number of hydrogen-bond donors (Lipinski definition) is 1. The molecule has 6 heteroatoms. The highest BCUT2D eigenvalue weighted by atomic mass is 32.1. The molecule has 2 heterocycles. The molecular weight excluding hydrogens is 274 g/mol. The lowest BCUT2D eigenvalue weighted by atomic mass is 9.99. The Morgan fingerprint density at radius 3 is 2.55 bits per heavy atom. The van der Waals surface area contributed by atoms with E-state index in [1.54, 1.807) is 0 Å². The Kier molecular flexibility index (Phi) is 4.23. The van der Waals surface area contributed by atoms with Crippen molar-refractivity contribution < 1.29 is 9.32 Å². The molecule has 20 heavy (non-hydrogen) atoms. The number of nitrogens with zero attached hydrogens (tertiary/aromatic N) is 2. The van der Waals surface area contributed by atoms with Crippen molar-refractivity contribution in [3.63, 3.8) is 0 Å². The van der Waals surface area contributed by atoms with Crippen molar-refractivity contribution in [2.75, 3.05) is 5.32 Å². The van der Waals surface area contributed by atoms with Gasteiger partial charge in [-0.15, -0.1) is 11.3 Å². The maximum Gasteiger partial charge on any atom is 0.233 e. The molecule has 1 amide bonds. The first-order valence-electron chi connectivity index (χ1n) is 6.59. The van der Waals surface area contributed by atoms with Crippen LogP contribution < -0.4 is 5.32 Å². The lowest BCUT2D eigenvalue weighted by Gasteiger charge is -2.10. The topological polar surface area (TPSA) is 68.0 Å². The second kappa shape index (κ2) is 5.75. The van der Waals surface area contributed by atoms with Crippen molar-refractivity contribution in [3.8, 4) is 0 Å². The van der Waals surface area contributed by atoms with Crippen molar-refractivity contribution >= 4 is 22.4 Å². The molecule has 0 aliphatic rings. The van der Waals surface area contributed by atoms with Gasteiger partial charge in [-0.05, 0) is 26.7 Å². The molecule has 1 N–H and O–H groups in total. The maximum absolute atomic E-state index is 12.3. The van der Waals surface area contributed by atoms with E-state index in [-0.39, 0.29) is 11.8 Å². The quantitative estimate of drug-likeness (QED) is 0.935. The van der Waals surface area contributed by atoms with Gasteiger partial charge >= 0.3 is 0 Å². The molecular formula is C14H19N3O2S. The monoisotopic (exact) mass is 293 g/mol. The normalized spacial score (nSPS) is 12.7. The number of carbonyl (C=O) groups excluding carboxylic acids is 1. The third-order valence-corrected chi connectivity index (χ3v) is 4.03. The van der Waals surface area contributed by atoms with E-state index in [0.29, 0.717) is 16.8 Å². The molecule has 0 aliphatic carbocycles. The summed E-state index contributed by atoms with van der Waals surface area (Å²) in [4.78, 5) is 16.7. The molecule has 0 spiro atoms. The molecule has 108 valence electrons. The standard InChI is InChI=1S/C14H19N3O2S/c1-7(2)11-6-20-14(15-11)16-13(18)8(3)12-9(4)17-19-10(12)5/h6-8H,1-5H3,(H,15,16,18)/t8-/m0/s1. The van der Waals surface area contributed by atoms with Crippen molar-refractivity contribution in [2.24, 2.45) is 0 Å². The molecule has 5 nitrogen and oxygen atoms in total. The van der Waals surface area contributed by atoms with Crippen LogP contribution in [0, 0.1) is 13.8 Å². The number of thiazole rings is 1. The van der Waals surface area contributed by atoms with Gasteiger partial charge < -0.3 is 9.84 Å². The van der Waals surface area contributed by atoms with E-state index in [0.717, 1.165) is 17.0 Å². The summed E-state index contributed by atoms with van der Waals surface area (Å²) in [5, 5.41) is 9.35. The van der Waals surface area contributed by atoms with Gasteiger partial charge in [0.1, 0.15) is 5.76 Å². The Bertz CT molecular complexity index is 596. The van der Waals surface area contributed by atoms with Crippen LogP contribution in [-0.2, 0) is 4.79 Å². The van der Waals surface area contributed by atoms with Crippen LogP contribution >= 0.6 is 11.3 Å². The van der Waals surface area contributed by atoms with Gasteiger partial charge in [0.25, 0.3) is 0 Å². The Hall–Kier alpha value is -1.69. The number of amides is 1. The Morgan fingerprint density at radius 2 is 2.05 bits per heavy atom. The molecule has 0 fully saturated rings. The van der Waals surface area contributed by atoms with E-state index < -0.39 is 0 Å². The van der Waals surface area contributed by atoms with E-state index in [4.69, 9.17) is 4.52 Å². The molecule has 2 aromatic rings. The van der Waals surface area contributed by atoms with Gasteiger partial charge in [0.2, 0.25) is 5.91 Å². The predicted octanol–water partition coefficient (Wildman–Crippen LogP) is 3.61. The highest BCUT2D eigenvalue weighted by Crippen LogP contribution is 2.26. The first-order chi connectivity index (χ1) is 9.40. The van der Waals surface area contributed by atoms with Crippen LogP contribution in [0.15, 0.2) is 9.90 Å². The number of aryl methyl sites for hydroxylation is 2. The van der Waals surface area contributed by atoms with Crippen molar-refractivity contribution in [2.45, 2.75) is 46.5 Å². The highest BCUT2D eigenvalue weighted by Gasteiger charge is 2.23. The summed E-state index contributed by atoms with van der Waals surface area (Å²) in [6.45, 7) is 9.66. The molecule has 0 saturated carbocycles. The van der Waals surface area contributed by atoms with Crippen LogP contribution in [0.25, 0.3) is 0 Å². The predicted molar refractivity (Wildman–Crippen MR) is 79.2 cm³/mol. The lowest BCUT2D eigenvalue weighted by molar-refractivity contribution is -0.117. The summed E-state index contributed by atoms with van der Waals surface area (Å²) >= 11 is 1.45. The minimum atomic E-state index is -0.312. The number of rotatable bonds is 4. The van der Waals surface area contributed by atoms with E-state index >= 15 is 0 Å². The highest BCUT2D eigenvalue weighted by molar-refractivity contribution is 7.13. The lowest BCUT2D eigenvalue weighted by Crippen LogP contribution is -2.19. The fourth-order valence-electron chi connectivity index (χ4n) is 2.06. The largest absolute Gasteiger partial charge is 0.361 e. The van der Waals surface area contributed by atoms with E-state index in [1.807, 2.05) is 26.2 Å². The first-order valence-corrected chi connectivity index (χ1v) is 7.47. The molecule has 2 rings (SSSR count). The van der Waals surface area contributed by atoms with Crippen LogP contribution in [0.2, 0.25) is 0 Å². The first kappa shape index (κ1) is 14.7. The maximum atomic E-state index is 12.3. The molecule has 0 unspecified atom stereocenters. The number of nitrogens with one attached hydrogen (secondary N) is 1. The number of anilines is 1. The molecule has 0 saturated heterocycles. The van der Waals surface area contributed by atoms with E-state index in [9.17, 15) is 4.79 Å². The number of aromatic nitrogens is 2. The minimum Gasteiger partial charge on any atom is -0.361 e. The fraction of sp³-hybridized carbons (Fsp3) is 0.500. The van der Waals surface area contributed by atoms with Crippen molar-refractivity contribution in [1.82, 2.24) is 10.1 Å². The second-order valence-electron chi connectivity index (χ2n) is 5.18. The summed E-state index contributed by atoms with van der Waals surface area (Å²) < 4.78 is 5.11. The fourth-order valence-corrected chi connectivity index (χ4v) is 2.94. The molecule has 0 bridgehead atoms. The number of carbonyl (C=O) groups is 1. The van der Waals surface area contributed by atoms with E-state index in [2.05, 4.69) is 29.3 Å². The van der Waals surface area contributed by atoms with Gasteiger partial charge in [-0.1, -0.05) is 19.0 Å². The third-order valence-electron chi connectivity index (χ3n) is 3.26. The Morgan fingerprint density at radius 1 is 1.35 bits per heavy atom. The summed E-state index contributed by atoms with van der Waals surface area (Å²) in [7, 11) is 0. The SMILES string of the molecule is Cc1noc(C)c1[C@H](C)C(=O)Nc1nc(C(C)C)cs1. The van der Waals surface area contributed by atoms with Gasteiger partial charge in [-0.2, -0.15) is 0 Å². The minimum absolute atomic E-state index is 0.0935. The summed E-state index contributed by atoms with van der Waals surface area (Å²) in [6.07, 6.45) is 0. The molecule has 2 aromatic heterocycles. The average Bonchev–Trinajstić information content (AvgIpc) is 2.96. The molecule has 0 aromatic carbocycles. The molecule has 1 atom stereocenters. The van der Waals surface area contributed by atoms with E-state index in [1.165, 1.54) is 11.3 Å². The summed E-state index contributed by atoms with van der Waals surface area (Å²) in [5.74, 6) is 0.640. The zero-order chi connectivity index (χ0) is 14.9. The van der Waals surface area contributed by atoms with Crippen molar-refractivity contribution in [3.05, 3.63) is 28.1 Å². The Labute approximate surface area is 122 Å². The zero-order valence-corrected chi connectivity index (χ0v) is 13.2. The summed E-state index contributed by atoms with van der Waals surface area (Å²) in [6, 6.07) is 0. The zero-order valence-electron chi connectivity index (χ0n) is 12.4. The smallest absolute Gasteiger partial charge is 0.233 e. The van der Waals surface area contributed by atoms with Crippen LogP contribution in [-0.4, -0.2) is 16.0 Å². The third kappa shape index (κ3) is 2.90. The summed E-state index contributed by atoms with van der Waals surface area (Å²) in [5.41, 5.74) is 2.60. The van der Waals surface area contributed by atoms with Gasteiger partial charge in [0.05, 0.1) is 17.3 Å². The van der Waals surface area contributed by atoms with Gasteiger partial charge in [0.15, 0.2) is 5.13 Å². The van der Waals surface area contributed by atoms with Gasteiger partial charge in [-0.25, -0.2) is 4.98 Å². The van der Waals surface area contributed by atoms with Crippen LogP contribution in [0.5, 0.6) is 0 Å². The average molecular weight is 293 g/mol. The Balaban J connectivity index is 2.11.